The molecule has 1 aromatic carbocycles. The number of esters is 1. The first-order valence-corrected chi connectivity index (χ1v) is 7.75. The monoisotopic (exact) mass is 359 g/mol. The highest BCUT2D eigenvalue weighted by Gasteiger charge is 2.16. The number of nitrogens with zero attached hydrogens (tertiary/aromatic N) is 2. The van der Waals surface area contributed by atoms with E-state index in [9.17, 15) is 24.5 Å². The number of anilines is 1. The van der Waals surface area contributed by atoms with Gasteiger partial charge in [-0.05, 0) is 26.0 Å². The van der Waals surface area contributed by atoms with Gasteiger partial charge in [-0.15, -0.1) is 0 Å². The summed E-state index contributed by atoms with van der Waals surface area (Å²) >= 11 is 0. The van der Waals surface area contributed by atoms with E-state index < -0.39 is 28.9 Å². The lowest BCUT2D eigenvalue weighted by Gasteiger charge is -2.11. The van der Waals surface area contributed by atoms with Crippen LogP contribution in [0.5, 0.6) is 0 Å². The second-order valence-corrected chi connectivity index (χ2v) is 5.39. The molecule has 0 unspecified atom stereocenters. The van der Waals surface area contributed by atoms with Gasteiger partial charge in [-0.2, -0.15) is 0 Å². The molecule has 2 aromatic rings. The van der Waals surface area contributed by atoms with E-state index in [4.69, 9.17) is 4.74 Å². The maximum absolute atomic E-state index is 12.3. The molecule has 1 aromatic heterocycles. The summed E-state index contributed by atoms with van der Waals surface area (Å²) in [4.78, 5) is 46.5. The fourth-order valence-electron chi connectivity index (χ4n) is 2.31. The number of ether oxygens (including phenoxy) is 1. The fourth-order valence-corrected chi connectivity index (χ4v) is 2.31. The Labute approximate surface area is 148 Å². The summed E-state index contributed by atoms with van der Waals surface area (Å²) in [5, 5.41) is 13.4. The number of amides is 1. The number of nitrogens with one attached hydrogen (secondary N) is 1. The summed E-state index contributed by atoms with van der Waals surface area (Å²) in [6.45, 7) is 2.85. The number of aromatic nitrogens is 1. The molecule has 0 spiro atoms. The number of para-hydroxylation sites is 1. The Balaban J connectivity index is 2.24. The predicted molar refractivity (Wildman–Crippen MR) is 93.1 cm³/mol. The number of carbonyl (C=O) groups excluding carboxylic acids is 2. The Hall–Kier alpha value is -3.49. The molecule has 1 amide bonds. The number of hydrogen-bond acceptors (Lipinski definition) is 6. The van der Waals surface area contributed by atoms with E-state index in [2.05, 4.69) is 5.32 Å². The van der Waals surface area contributed by atoms with Crippen molar-refractivity contribution in [2.45, 2.75) is 20.4 Å². The van der Waals surface area contributed by atoms with Crippen LogP contribution in [-0.4, -0.2) is 28.0 Å². The van der Waals surface area contributed by atoms with Gasteiger partial charge >= 0.3 is 5.97 Å². The molecular formula is C17H17N3O6. The first-order chi connectivity index (χ1) is 12.3. The van der Waals surface area contributed by atoms with Crippen LogP contribution >= 0.6 is 0 Å². The highest BCUT2D eigenvalue weighted by Crippen LogP contribution is 2.16. The van der Waals surface area contributed by atoms with E-state index in [1.54, 1.807) is 19.1 Å². The molecule has 2 rings (SSSR count). The van der Waals surface area contributed by atoms with Gasteiger partial charge in [0.05, 0.1) is 29.0 Å². The quantitative estimate of drug-likeness (QED) is 0.477. The van der Waals surface area contributed by atoms with Crippen molar-refractivity contribution in [1.29, 1.82) is 0 Å². The van der Waals surface area contributed by atoms with Crippen molar-refractivity contribution >= 4 is 23.3 Å². The second kappa shape index (κ2) is 8.06. The smallest absolute Gasteiger partial charge is 0.340 e. The van der Waals surface area contributed by atoms with Gasteiger partial charge in [-0.3, -0.25) is 24.3 Å². The summed E-state index contributed by atoms with van der Waals surface area (Å²) in [7, 11) is 0. The summed E-state index contributed by atoms with van der Waals surface area (Å²) in [6.07, 6.45) is 1.01. The van der Waals surface area contributed by atoms with Gasteiger partial charge in [-0.25, -0.2) is 4.79 Å². The number of aryl methyl sites for hydroxylation is 1. The maximum Gasteiger partial charge on any atom is 0.340 e. The Morgan fingerprint density at radius 1 is 1.31 bits per heavy atom. The summed E-state index contributed by atoms with van der Waals surface area (Å²) < 4.78 is 5.88. The Bertz CT molecular complexity index is 919. The van der Waals surface area contributed by atoms with Crippen molar-refractivity contribution in [1.82, 2.24) is 4.57 Å². The van der Waals surface area contributed by atoms with E-state index in [0.717, 1.165) is 16.8 Å². The van der Waals surface area contributed by atoms with E-state index >= 15 is 0 Å². The van der Waals surface area contributed by atoms with Crippen molar-refractivity contribution in [3.8, 4) is 0 Å². The predicted octanol–water partition coefficient (Wildman–Crippen LogP) is 1.88. The standard InChI is InChI=1S/C17H17N3O6/c1-3-26-17(23)13-6-4-5-7-14(13)18-15(21)10-19-9-12(20(24)25)8-11(2)16(19)22/h4-9H,3,10H2,1-2H3,(H,18,21). The van der Waals surface area contributed by atoms with Crippen LogP contribution in [0.3, 0.4) is 0 Å². The van der Waals surface area contributed by atoms with Crippen molar-refractivity contribution in [3.63, 3.8) is 0 Å². The molecule has 9 heteroatoms. The topological polar surface area (TPSA) is 121 Å². The van der Waals surface area contributed by atoms with Crippen LogP contribution in [0, 0.1) is 17.0 Å². The molecule has 9 nitrogen and oxygen atoms in total. The van der Waals surface area contributed by atoms with Crippen molar-refractivity contribution < 1.29 is 19.2 Å². The minimum absolute atomic E-state index is 0.152. The van der Waals surface area contributed by atoms with Gasteiger partial charge in [0.2, 0.25) is 5.91 Å². The van der Waals surface area contributed by atoms with E-state index in [1.807, 2.05) is 0 Å². The summed E-state index contributed by atoms with van der Waals surface area (Å²) in [5.74, 6) is -1.20. The molecular weight excluding hydrogens is 342 g/mol. The number of benzene rings is 1. The van der Waals surface area contributed by atoms with Gasteiger partial charge in [0.15, 0.2) is 0 Å². The largest absolute Gasteiger partial charge is 0.462 e. The molecule has 0 radical (unpaired) electrons. The number of rotatable bonds is 6. The van der Waals surface area contributed by atoms with Crippen LogP contribution in [0.1, 0.15) is 22.8 Å². The van der Waals surface area contributed by atoms with Crippen LogP contribution in [-0.2, 0) is 16.1 Å². The molecule has 1 heterocycles. The third-order valence-electron chi connectivity index (χ3n) is 3.47. The summed E-state index contributed by atoms with van der Waals surface area (Å²) in [6, 6.07) is 7.41. The minimum atomic E-state index is -0.642. The highest BCUT2D eigenvalue weighted by molar-refractivity contribution is 6.01. The molecule has 0 bridgehead atoms. The molecule has 0 aliphatic carbocycles. The molecule has 0 aliphatic rings. The second-order valence-electron chi connectivity index (χ2n) is 5.39. The highest BCUT2D eigenvalue weighted by atomic mass is 16.6. The molecule has 0 fully saturated rings. The van der Waals surface area contributed by atoms with Gasteiger partial charge < -0.3 is 10.1 Å². The van der Waals surface area contributed by atoms with Crippen molar-refractivity contribution in [2.24, 2.45) is 0 Å². The van der Waals surface area contributed by atoms with Crippen LogP contribution in [0.25, 0.3) is 0 Å². The molecule has 136 valence electrons. The zero-order valence-electron chi connectivity index (χ0n) is 14.2. The third kappa shape index (κ3) is 4.32. The lowest BCUT2D eigenvalue weighted by Crippen LogP contribution is -2.29. The number of nitro groups is 1. The normalized spacial score (nSPS) is 10.2. The Morgan fingerprint density at radius 3 is 2.65 bits per heavy atom. The van der Waals surface area contributed by atoms with Gasteiger partial charge in [0.25, 0.3) is 11.2 Å². The zero-order chi connectivity index (χ0) is 19.3. The Kier molecular flexibility index (Phi) is 5.84. The van der Waals surface area contributed by atoms with Gasteiger partial charge in [-0.1, -0.05) is 12.1 Å². The molecule has 0 saturated heterocycles. The third-order valence-corrected chi connectivity index (χ3v) is 3.47. The molecule has 26 heavy (non-hydrogen) atoms. The van der Waals surface area contributed by atoms with Crippen LogP contribution in [0.2, 0.25) is 0 Å². The number of hydrogen-bond donors (Lipinski definition) is 1. The molecule has 0 atom stereocenters. The van der Waals surface area contributed by atoms with Crippen LogP contribution in [0.15, 0.2) is 41.3 Å². The first-order valence-electron chi connectivity index (χ1n) is 7.75. The molecule has 1 N–H and O–H groups in total. The van der Waals surface area contributed by atoms with E-state index in [0.29, 0.717) is 0 Å². The Morgan fingerprint density at radius 2 is 2.00 bits per heavy atom. The SMILES string of the molecule is CCOC(=O)c1ccccc1NC(=O)Cn1cc([N+](=O)[O-])cc(C)c1=O. The van der Waals surface area contributed by atoms with E-state index in [-0.39, 0.29) is 29.1 Å². The van der Waals surface area contributed by atoms with Crippen LogP contribution in [0.4, 0.5) is 11.4 Å². The van der Waals surface area contributed by atoms with Crippen LogP contribution < -0.4 is 10.9 Å². The van der Waals surface area contributed by atoms with E-state index in [1.165, 1.54) is 19.1 Å². The van der Waals surface area contributed by atoms with Crippen molar-refractivity contribution in [3.05, 3.63) is 68.1 Å². The molecule has 0 aliphatic heterocycles. The number of pyridine rings is 1. The van der Waals surface area contributed by atoms with Gasteiger partial charge in [0, 0.05) is 11.6 Å². The van der Waals surface area contributed by atoms with Crippen molar-refractivity contribution in [2.75, 3.05) is 11.9 Å². The van der Waals surface area contributed by atoms with Gasteiger partial charge in [0.1, 0.15) is 6.54 Å². The minimum Gasteiger partial charge on any atom is -0.462 e. The maximum atomic E-state index is 12.3. The number of carbonyl (C=O) groups is 2. The lowest BCUT2D eigenvalue weighted by molar-refractivity contribution is -0.385. The average Bonchev–Trinajstić information content (AvgIpc) is 2.59. The molecule has 0 saturated carbocycles. The summed E-state index contributed by atoms with van der Waals surface area (Å²) in [5.41, 5.74) is -0.249. The fraction of sp³-hybridized carbons (Fsp3) is 0.235. The lowest BCUT2D eigenvalue weighted by atomic mass is 10.2. The first kappa shape index (κ1) is 18.8. The zero-order valence-corrected chi connectivity index (χ0v) is 14.2. The average molecular weight is 359 g/mol.